The Morgan fingerprint density at radius 2 is 1.44 bits per heavy atom. The van der Waals surface area contributed by atoms with Crippen molar-refractivity contribution in [3.05, 3.63) is 96.2 Å². The van der Waals surface area contributed by atoms with Gasteiger partial charge in [-0.3, -0.25) is 4.98 Å². The fraction of sp³-hybridized carbons (Fsp3) is 0.125. The molecule has 4 rings (SSSR count). The highest BCUT2D eigenvalue weighted by molar-refractivity contribution is 5.78. The fourth-order valence-electron chi connectivity index (χ4n) is 3.27. The topological polar surface area (TPSA) is 12.9 Å². The van der Waals surface area contributed by atoms with E-state index in [9.17, 15) is 0 Å². The van der Waals surface area contributed by atoms with Crippen LogP contribution in [0.3, 0.4) is 0 Å². The van der Waals surface area contributed by atoms with Gasteiger partial charge in [0.15, 0.2) is 0 Å². The Bertz CT molecular complexity index is 932. The zero-order valence-electron chi connectivity index (χ0n) is 14.4. The van der Waals surface area contributed by atoms with E-state index in [1.54, 1.807) is 0 Å². The van der Waals surface area contributed by atoms with Crippen molar-refractivity contribution in [3.8, 4) is 22.4 Å². The highest BCUT2D eigenvalue weighted by Gasteiger charge is 2.07. The molecule has 1 aliphatic carbocycles. The second kappa shape index (κ2) is 6.90. The number of aromatic nitrogens is 1. The van der Waals surface area contributed by atoms with Gasteiger partial charge in [0, 0.05) is 11.3 Å². The van der Waals surface area contributed by atoms with Crippen LogP contribution in [0.2, 0.25) is 0 Å². The molecule has 0 atom stereocenters. The van der Waals surface area contributed by atoms with E-state index in [1.807, 2.05) is 6.07 Å². The van der Waals surface area contributed by atoms with E-state index in [2.05, 4.69) is 85.8 Å². The molecule has 0 saturated heterocycles. The van der Waals surface area contributed by atoms with E-state index < -0.39 is 0 Å². The summed E-state index contributed by atoms with van der Waals surface area (Å²) in [7, 11) is 0. The van der Waals surface area contributed by atoms with Crippen molar-refractivity contribution < 1.29 is 0 Å². The van der Waals surface area contributed by atoms with Crippen molar-refractivity contribution in [2.75, 3.05) is 0 Å². The van der Waals surface area contributed by atoms with Crippen molar-refractivity contribution in [1.29, 1.82) is 0 Å². The van der Waals surface area contributed by atoms with Crippen LogP contribution in [-0.4, -0.2) is 4.98 Å². The van der Waals surface area contributed by atoms with Crippen molar-refractivity contribution >= 4 is 5.57 Å². The molecule has 0 amide bonds. The van der Waals surface area contributed by atoms with Gasteiger partial charge in [0.2, 0.25) is 0 Å². The third-order valence-corrected chi connectivity index (χ3v) is 4.57. The predicted octanol–water partition coefficient (Wildman–Crippen LogP) is 6.46. The van der Waals surface area contributed by atoms with E-state index in [0.717, 1.165) is 29.8 Å². The van der Waals surface area contributed by atoms with E-state index in [1.165, 1.54) is 22.3 Å². The van der Waals surface area contributed by atoms with Gasteiger partial charge in [-0.2, -0.15) is 0 Å². The first-order chi connectivity index (χ1) is 12.3. The van der Waals surface area contributed by atoms with Crippen molar-refractivity contribution in [2.24, 2.45) is 0 Å². The first-order valence-corrected chi connectivity index (χ1v) is 8.81. The zero-order chi connectivity index (χ0) is 17.1. The summed E-state index contributed by atoms with van der Waals surface area (Å²) in [6.45, 7) is 2.07. The van der Waals surface area contributed by atoms with Crippen LogP contribution in [0.25, 0.3) is 28.0 Å². The second-order valence-electron chi connectivity index (χ2n) is 6.47. The minimum Gasteiger partial charge on any atom is -0.253 e. The van der Waals surface area contributed by atoms with Gasteiger partial charge < -0.3 is 0 Å². The average Bonchev–Trinajstić information content (AvgIpc) is 2.69. The molecule has 1 aliphatic rings. The highest BCUT2D eigenvalue weighted by Crippen LogP contribution is 2.28. The molecular formula is C24H21N. The van der Waals surface area contributed by atoms with Crippen LogP contribution >= 0.6 is 0 Å². The molecule has 1 aromatic heterocycles. The number of aryl methyl sites for hydroxylation is 1. The zero-order valence-corrected chi connectivity index (χ0v) is 14.4. The molecule has 2 aromatic carbocycles. The lowest BCUT2D eigenvalue weighted by molar-refractivity contribution is 1.04. The molecule has 0 bridgehead atoms. The average molecular weight is 323 g/mol. The summed E-state index contributed by atoms with van der Waals surface area (Å²) in [4.78, 5) is 4.75. The van der Waals surface area contributed by atoms with Crippen LogP contribution in [0, 0.1) is 6.92 Å². The smallest absolute Gasteiger partial charge is 0.0711 e. The lowest BCUT2D eigenvalue weighted by Gasteiger charge is -2.11. The summed E-state index contributed by atoms with van der Waals surface area (Å²) >= 11 is 0. The van der Waals surface area contributed by atoms with Crippen LogP contribution in [0.1, 0.15) is 24.1 Å². The molecule has 1 heterocycles. The van der Waals surface area contributed by atoms with Crippen LogP contribution in [0.15, 0.2) is 85.0 Å². The third-order valence-electron chi connectivity index (χ3n) is 4.57. The number of benzene rings is 2. The monoisotopic (exact) mass is 323 g/mol. The highest BCUT2D eigenvalue weighted by atomic mass is 14.7. The fourth-order valence-corrected chi connectivity index (χ4v) is 3.27. The molecule has 25 heavy (non-hydrogen) atoms. The third kappa shape index (κ3) is 3.46. The molecule has 122 valence electrons. The van der Waals surface area contributed by atoms with Gasteiger partial charge in [0.25, 0.3) is 0 Å². The number of nitrogens with zero attached hydrogens (tertiary/aromatic N) is 1. The maximum absolute atomic E-state index is 4.75. The Hall–Kier alpha value is -2.93. The van der Waals surface area contributed by atoms with Crippen molar-refractivity contribution in [3.63, 3.8) is 0 Å². The van der Waals surface area contributed by atoms with Gasteiger partial charge in [-0.1, -0.05) is 72.8 Å². The molecule has 0 unspecified atom stereocenters. The summed E-state index contributed by atoms with van der Waals surface area (Å²) in [6, 6.07) is 23.5. The van der Waals surface area contributed by atoms with Crippen LogP contribution < -0.4 is 0 Å². The molecule has 3 aromatic rings. The van der Waals surface area contributed by atoms with Crippen molar-refractivity contribution in [2.45, 2.75) is 19.8 Å². The molecule has 0 saturated carbocycles. The first kappa shape index (κ1) is 15.6. The predicted molar refractivity (Wildman–Crippen MR) is 106 cm³/mol. The van der Waals surface area contributed by atoms with Gasteiger partial charge in [-0.15, -0.1) is 0 Å². The maximum Gasteiger partial charge on any atom is 0.0711 e. The van der Waals surface area contributed by atoms with Gasteiger partial charge >= 0.3 is 0 Å². The summed E-state index contributed by atoms with van der Waals surface area (Å²) < 4.78 is 0. The van der Waals surface area contributed by atoms with Crippen molar-refractivity contribution in [1.82, 2.24) is 4.98 Å². The molecule has 1 nitrogen and oxygen atoms in total. The Morgan fingerprint density at radius 1 is 0.720 bits per heavy atom. The molecule has 1 heteroatoms. The number of hydrogen-bond donors (Lipinski definition) is 0. The Kier molecular flexibility index (Phi) is 4.30. The van der Waals surface area contributed by atoms with E-state index in [-0.39, 0.29) is 0 Å². The van der Waals surface area contributed by atoms with E-state index >= 15 is 0 Å². The lowest BCUT2D eigenvalue weighted by atomic mass is 9.97. The number of hydrogen-bond acceptors (Lipinski definition) is 1. The SMILES string of the molecule is Cc1cc(C2=CCCC=C2)cc(-c2ccc(-c3ccccc3)cc2)n1. The van der Waals surface area contributed by atoms with Gasteiger partial charge in [-0.05, 0) is 54.2 Å². The van der Waals surface area contributed by atoms with Crippen LogP contribution in [0.5, 0.6) is 0 Å². The number of rotatable bonds is 3. The molecule has 0 N–H and O–H groups in total. The largest absolute Gasteiger partial charge is 0.253 e. The van der Waals surface area contributed by atoms with E-state index in [0.29, 0.717) is 0 Å². The molecule has 0 aliphatic heterocycles. The summed E-state index contributed by atoms with van der Waals surface area (Å²) in [5.41, 5.74) is 8.28. The Labute approximate surface area is 149 Å². The Morgan fingerprint density at radius 3 is 2.16 bits per heavy atom. The standard InChI is InChI=1S/C24H21N/c1-18-16-23(20-10-6-3-7-11-20)17-24(25-18)22-14-12-21(13-15-22)19-8-4-2-5-9-19/h2,4-6,8-17H,3,7H2,1H3. The van der Waals surface area contributed by atoms with Crippen LogP contribution in [-0.2, 0) is 0 Å². The lowest BCUT2D eigenvalue weighted by Crippen LogP contribution is -1.93. The van der Waals surface area contributed by atoms with E-state index in [4.69, 9.17) is 4.98 Å². The minimum atomic E-state index is 1.04. The Balaban J connectivity index is 1.69. The minimum absolute atomic E-state index is 1.04. The molecule has 0 radical (unpaired) electrons. The van der Waals surface area contributed by atoms with Gasteiger partial charge in [-0.25, -0.2) is 0 Å². The maximum atomic E-state index is 4.75. The first-order valence-electron chi connectivity index (χ1n) is 8.81. The number of pyridine rings is 1. The number of allylic oxidation sites excluding steroid dienone is 4. The second-order valence-corrected chi connectivity index (χ2v) is 6.47. The summed E-state index contributed by atoms with van der Waals surface area (Å²) in [5, 5.41) is 0. The van der Waals surface area contributed by atoms with Crippen LogP contribution in [0.4, 0.5) is 0 Å². The van der Waals surface area contributed by atoms with Gasteiger partial charge in [0.05, 0.1) is 5.69 Å². The summed E-state index contributed by atoms with van der Waals surface area (Å²) in [5.74, 6) is 0. The van der Waals surface area contributed by atoms with Gasteiger partial charge in [0.1, 0.15) is 0 Å². The molecular weight excluding hydrogens is 302 g/mol. The molecule has 0 fully saturated rings. The molecule has 0 spiro atoms. The normalized spacial score (nSPS) is 13.6. The summed E-state index contributed by atoms with van der Waals surface area (Å²) in [6.07, 6.45) is 9.05. The quantitative estimate of drug-likeness (QED) is 0.539.